The van der Waals surface area contributed by atoms with Gasteiger partial charge in [-0.25, -0.2) is 4.79 Å². The molecule has 0 radical (unpaired) electrons. The summed E-state index contributed by atoms with van der Waals surface area (Å²) in [6, 6.07) is 6.24. The standard InChI is InChI=1S/C17H27NO3/c1-5-7-10-20-17(19)12-21-16-11-13(3)8-9-15(16)14(4)18-6-2/h8-9,11,14,18H,5-7,10,12H2,1-4H3. The Balaban J connectivity index is 2.64. The number of esters is 1. The lowest BCUT2D eigenvalue weighted by Crippen LogP contribution is -2.20. The maximum atomic E-state index is 11.6. The summed E-state index contributed by atoms with van der Waals surface area (Å²) in [6.45, 7) is 9.52. The van der Waals surface area contributed by atoms with Crippen molar-refractivity contribution in [1.82, 2.24) is 5.32 Å². The van der Waals surface area contributed by atoms with Gasteiger partial charge in [-0.1, -0.05) is 32.4 Å². The molecule has 4 heteroatoms. The fourth-order valence-corrected chi connectivity index (χ4v) is 2.05. The van der Waals surface area contributed by atoms with Crippen molar-refractivity contribution in [3.8, 4) is 5.75 Å². The van der Waals surface area contributed by atoms with Gasteiger partial charge in [0, 0.05) is 11.6 Å². The van der Waals surface area contributed by atoms with E-state index in [1.807, 2.05) is 19.1 Å². The van der Waals surface area contributed by atoms with Crippen LogP contribution in [-0.2, 0) is 9.53 Å². The fraction of sp³-hybridized carbons (Fsp3) is 0.588. The summed E-state index contributed by atoms with van der Waals surface area (Å²) < 4.78 is 10.8. The Bertz CT molecular complexity index is 446. The number of benzene rings is 1. The number of carbonyl (C=O) groups is 1. The molecule has 0 bridgehead atoms. The molecule has 0 saturated carbocycles. The summed E-state index contributed by atoms with van der Waals surface area (Å²) >= 11 is 0. The van der Waals surface area contributed by atoms with Crippen molar-refractivity contribution in [2.24, 2.45) is 0 Å². The van der Waals surface area contributed by atoms with Crippen molar-refractivity contribution in [3.05, 3.63) is 29.3 Å². The average molecular weight is 293 g/mol. The van der Waals surface area contributed by atoms with Crippen LogP contribution in [0.5, 0.6) is 5.75 Å². The Morgan fingerprint density at radius 3 is 2.76 bits per heavy atom. The van der Waals surface area contributed by atoms with Gasteiger partial charge < -0.3 is 14.8 Å². The number of nitrogens with one attached hydrogen (secondary N) is 1. The lowest BCUT2D eigenvalue weighted by molar-refractivity contribution is -0.146. The molecule has 1 aromatic rings. The van der Waals surface area contributed by atoms with Crippen LogP contribution in [0.25, 0.3) is 0 Å². The molecule has 0 heterocycles. The topological polar surface area (TPSA) is 47.6 Å². The smallest absolute Gasteiger partial charge is 0.344 e. The lowest BCUT2D eigenvalue weighted by atomic mass is 10.0. The van der Waals surface area contributed by atoms with Crippen LogP contribution in [0.3, 0.4) is 0 Å². The number of ether oxygens (including phenoxy) is 2. The monoisotopic (exact) mass is 293 g/mol. The first kappa shape index (κ1) is 17.5. The molecule has 1 unspecified atom stereocenters. The molecule has 0 spiro atoms. The lowest BCUT2D eigenvalue weighted by Gasteiger charge is -2.18. The molecule has 0 aliphatic carbocycles. The molecule has 0 aromatic heterocycles. The SMILES string of the molecule is CCCCOC(=O)COc1cc(C)ccc1C(C)NCC. The molecule has 21 heavy (non-hydrogen) atoms. The molecule has 4 nitrogen and oxygen atoms in total. The van der Waals surface area contributed by atoms with Gasteiger partial charge in [-0.05, 0) is 38.4 Å². The van der Waals surface area contributed by atoms with Crippen LogP contribution < -0.4 is 10.1 Å². The summed E-state index contributed by atoms with van der Waals surface area (Å²) in [6.07, 6.45) is 1.90. The van der Waals surface area contributed by atoms with Crippen LogP contribution >= 0.6 is 0 Å². The average Bonchev–Trinajstić information content (AvgIpc) is 2.45. The summed E-state index contributed by atoms with van der Waals surface area (Å²) in [5.41, 5.74) is 2.17. The Labute approximate surface area is 127 Å². The van der Waals surface area contributed by atoms with Crippen LogP contribution in [-0.4, -0.2) is 25.7 Å². The number of hydrogen-bond acceptors (Lipinski definition) is 4. The molecule has 1 aromatic carbocycles. The van der Waals surface area contributed by atoms with Crippen LogP contribution in [0, 0.1) is 6.92 Å². The van der Waals surface area contributed by atoms with Gasteiger partial charge in [0.1, 0.15) is 5.75 Å². The van der Waals surface area contributed by atoms with Gasteiger partial charge in [0.05, 0.1) is 6.61 Å². The van der Waals surface area contributed by atoms with Crippen molar-refractivity contribution in [1.29, 1.82) is 0 Å². The fourth-order valence-electron chi connectivity index (χ4n) is 2.05. The minimum absolute atomic E-state index is 0.0426. The van der Waals surface area contributed by atoms with E-state index in [2.05, 4.69) is 32.2 Å². The van der Waals surface area contributed by atoms with Gasteiger partial charge in [-0.3, -0.25) is 0 Å². The van der Waals surface area contributed by atoms with E-state index in [-0.39, 0.29) is 18.6 Å². The summed E-state index contributed by atoms with van der Waals surface area (Å²) in [5, 5.41) is 3.35. The number of rotatable bonds is 9. The highest BCUT2D eigenvalue weighted by Crippen LogP contribution is 2.26. The van der Waals surface area contributed by atoms with Crippen molar-refractivity contribution in [3.63, 3.8) is 0 Å². The van der Waals surface area contributed by atoms with E-state index in [0.717, 1.165) is 36.3 Å². The van der Waals surface area contributed by atoms with E-state index in [9.17, 15) is 4.79 Å². The van der Waals surface area contributed by atoms with Gasteiger partial charge in [0.15, 0.2) is 6.61 Å². The summed E-state index contributed by atoms with van der Waals surface area (Å²) in [4.78, 5) is 11.6. The molecular weight excluding hydrogens is 266 g/mol. The van der Waals surface area contributed by atoms with E-state index >= 15 is 0 Å². The van der Waals surface area contributed by atoms with E-state index in [1.54, 1.807) is 0 Å². The molecule has 0 aliphatic rings. The maximum absolute atomic E-state index is 11.6. The first-order chi connectivity index (χ1) is 10.1. The van der Waals surface area contributed by atoms with Crippen molar-refractivity contribution in [2.75, 3.05) is 19.8 Å². The highest BCUT2D eigenvalue weighted by molar-refractivity contribution is 5.71. The molecule has 0 aliphatic heterocycles. The van der Waals surface area contributed by atoms with Crippen LogP contribution in [0.2, 0.25) is 0 Å². The van der Waals surface area contributed by atoms with Crippen LogP contribution in [0.1, 0.15) is 50.8 Å². The molecule has 0 saturated heterocycles. The van der Waals surface area contributed by atoms with E-state index < -0.39 is 0 Å². The van der Waals surface area contributed by atoms with Crippen molar-refractivity contribution < 1.29 is 14.3 Å². The van der Waals surface area contributed by atoms with Crippen molar-refractivity contribution >= 4 is 5.97 Å². The predicted octanol–water partition coefficient (Wildman–Crippen LogP) is 3.39. The Morgan fingerprint density at radius 2 is 2.10 bits per heavy atom. The number of hydrogen-bond donors (Lipinski definition) is 1. The van der Waals surface area contributed by atoms with E-state index in [1.165, 1.54) is 0 Å². The third-order valence-corrected chi connectivity index (χ3v) is 3.25. The normalized spacial score (nSPS) is 12.0. The van der Waals surface area contributed by atoms with Crippen molar-refractivity contribution in [2.45, 2.75) is 46.6 Å². The van der Waals surface area contributed by atoms with Gasteiger partial charge >= 0.3 is 5.97 Å². The minimum atomic E-state index is -0.313. The second-order valence-electron chi connectivity index (χ2n) is 5.18. The second-order valence-corrected chi connectivity index (χ2v) is 5.18. The predicted molar refractivity (Wildman–Crippen MR) is 84.6 cm³/mol. The highest BCUT2D eigenvalue weighted by Gasteiger charge is 2.13. The van der Waals surface area contributed by atoms with Gasteiger partial charge in [-0.2, -0.15) is 0 Å². The Kier molecular flexibility index (Phi) is 7.83. The summed E-state index contributed by atoms with van der Waals surface area (Å²) in [7, 11) is 0. The van der Waals surface area contributed by atoms with Gasteiger partial charge in [0.2, 0.25) is 0 Å². The largest absolute Gasteiger partial charge is 0.482 e. The van der Waals surface area contributed by atoms with Gasteiger partial charge in [0.25, 0.3) is 0 Å². The molecular formula is C17H27NO3. The molecule has 118 valence electrons. The first-order valence-corrected chi connectivity index (χ1v) is 7.70. The quantitative estimate of drug-likeness (QED) is 0.560. The third-order valence-electron chi connectivity index (χ3n) is 3.25. The number of aryl methyl sites for hydroxylation is 1. The molecule has 1 rings (SSSR count). The Hall–Kier alpha value is -1.55. The third kappa shape index (κ3) is 6.17. The molecule has 1 atom stereocenters. The zero-order chi connectivity index (χ0) is 15.7. The van der Waals surface area contributed by atoms with Crippen LogP contribution in [0.4, 0.5) is 0 Å². The molecule has 0 amide bonds. The van der Waals surface area contributed by atoms with Gasteiger partial charge in [-0.15, -0.1) is 0 Å². The minimum Gasteiger partial charge on any atom is -0.482 e. The van der Waals surface area contributed by atoms with E-state index in [0.29, 0.717) is 6.61 Å². The van der Waals surface area contributed by atoms with E-state index in [4.69, 9.17) is 9.47 Å². The first-order valence-electron chi connectivity index (χ1n) is 7.70. The maximum Gasteiger partial charge on any atom is 0.344 e. The number of unbranched alkanes of at least 4 members (excludes halogenated alkanes) is 1. The Morgan fingerprint density at radius 1 is 1.33 bits per heavy atom. The second kappa shape index (κ2) is 9.40. The zero-order valence-corrected chi connectivity index (χ0v) is 13.6. The summed E-state index contributed by atoms with van der Waals surface area (Å²) in [5.74, 6) is 0.433. The molecule has 0 fully saturated rings. The highest BCUT2D eigenvalue weighted by atomic mass is 16.6. The van der Waals surface area contributed by atoms with Crippen LogP contribution in [0.15, 0.2) is 18.2 Å². The zero-order valence-electron chi connectivity index (χ0n) is 13.6. The number of carbonyl (C=O) groups excluding carboxylic acids is 1. The molecule has 1 N–H and O–H groups in total.